The summed E-state index contributed by atoms with van der Waals surface area (Å²) in [5, 5.41) is 6.14. The molecule has 2 aromatic rings. The Morgan fingerprint density at radius 2 is 1.89 bits per heavy atom. The number of carbonyl (C=O) groups excluding carboxylic acids is 1. The van der Waals surface area contributed by atoms with Crippen molar-refractivity contribution >= 4 is 17.7 Å². The van der Waals surface area contributed by atoms with Crippen molar-refractivity contribution in [3.63, 3.8) is 0 Å². The molecule has 0 spiro atoms. The summed E-state index contributed by atoms with van der Waals surface area (Å²) in [7, 11) is 0. The second-order valence-corrected chi connectivity index (χ2v) is 6.79. The summed E-state index contributed by atoms with van der Waals surface area (Å²) < 4.78 is 5.39. The van der Waals surface area contributed by atoms with E-state index >= 15 is 0 Å². The van der Waals surface area contributed by atoms with E-state index in [2.05, 4.69) is 25.5 Å². The Hall–Kier alpha value is -2.67. The molecule has 0 atom stereocenters. The van der Waals surface area contributed by atoms with Crippen LogP contribution >= 0.6 is 0 Å². The van der Waals surface area contributed by atoms with Gasteiger partial charge in [-0.05, 0) is 32.4 Å². The minimum Gasteiger partial charge on any atom is -0.378 e. The molecule has 0 saturated carbocycles. The number of ether oxygens (including phenoxy) is 1. The normalized spacial score (nSPS) is 14.1. The standard InChI is InChI=1S/C20H27N5O2/c1-14-4-5-17(15(2)12-14)19(26)21-6-7-22-20-23-16(3)13-18(24-20)25-8-10-27-11-9-25/h4-5,12-13H,6-11H2,1-3H3,(H,21,26)(H,22,23,24). The molecule has 2 N–H and O–H groups in total. The molecule has 0 radical (unpaired) electrons. The van der Waals surface area contributed by atoms with E-state index < -0.39 is 0 Å². The molecule has 1 aromatic heterocycles. The highest BCUT2D eigenvalue weighted by atomic mass is 16.5. The van der Waals surface area contributed by atoms with Crippen molar-refractivity contribution in [3.05, 3.63) is 46.6 Å². The number of nitrogens with zero attached hydrogens (tertiary/aromatic N) is 3. The molecule has 0 bridgehead atoms. The number of hydrogen-bond donors (Lipinski definition) is 2. The lowest BCUT2D eigenvalue weighted by Crippen LogP contribution is -2.37. The Balaban J connectivity index is 1.52. The first-order chi connectivity index (χ1) is 13.0. The predicted octanol–water partition coefficient (Wildman–Crippen LogP) is 2.08. The predicted molar refractivity (Wildman–Crippen MR) is 107 cm³/mol. The molecule has 1 amide bonds. The van der Waals surface area contributed by atoms with Crippen LogP contribution in [-0.4, -0.2) is 55.3 Å². The van der Waals surface area contributed by atoms with Crippen molar-refractivity contribution in [1.29, 1.82) is 0 Å². The third-order valence-electron chi connectivity index (χ3n) is 4.50. The molecule has 7 nitrogen and oxygen atoms in total. The zero-order valence-corrected chi connectivity index (χ0v) is 16.2. The van der Waals surface area contributed by atoms with E-state index in [9.17, 15) is 4.79 Å². The SMILES string of the molecule is Cc1ccc(C(=O)NCCNc2nc(C)cc(N3CCOCC3)n2)c(C)c1. The highest BCUT2D eigenvalue weighted by Gasteiger charge is 2.14. The van der Waals surface area contributed by atoms with Crippen LogP contribution in [0.4, 0.5) is 11.8 Å². The van der Waals surface area contributed by atoms with Crippen molar-refractivity contribution < 1.29 is 9.53 Å². The molecular weight excluding hydrogens is 342 g/mol. The van der Waals surface area contributed by atoms with Crippen molar-refractivity contribution in [3.8, 4) is 0 Å². The zero-order chi connectivity index (χ0) is 19.2. The smallest absolute Gasteiger partial charge is 0.251 e. The first kappa shape index (κ1) is 19.1. The first-order valence-electron chi connectivity index (χ1n) is 9.30. The molecule has 1 aliphatic heterocycles. The minimum atomic E-state index is -0.0616. The number of benzene rings is 1. The Morgan fingerprint density at radius 1 is 1.11 bits per heavy atom. The maximum atomic E-state index is 12.3. The number of nitrogens with one attached hydrogen (secondary N) is 2. The van der Waals surface area contributed by atoms with Gasteiger partial charge in [0.05, 0.1) is 13.2 Å². The fourth-order valence-corrected chi connectivity index (χ4v) is 3.10. The number of carbonyl (C=O) groups is 1. The highest BCUT2D eigenvalue weighted by molar-refractivity contribution is 5.95. The summed E-state index contributed by atoms with van der Waals surface area (Å²) >= 11 is 0. The van der Waals surface area contributed by atoms with Crippen molar-refractivity contribution in [1.82, 2.24) is 15.3 Å². The van der Waals surface area contributed by atoms with Crippen LogP contribution in [0.15, 0.2) is 24.3 Å². The van der Waals surface area contributed by atoms with E-state index in [0.29, 0.717) is 24.6 Å². The van der Waals surface area contributed by atoms with Crippen molar-refractivity contribution in [2.75, 3.05) is 49.6 Å². The fraction of sp³-hybridized carbons (Fsp3) is 0.450. The van der Waals surface area contributed by atoms with Gasteiger partial charge in [-0.15, -0.1) is 0 Å². The van der Waals surface area contributed by atoms with Gasteiger partial charge in [-0.25, -0.2) is 4.98 Å². The van der Waals surface area contributed by atoms with Gasteiger partial charge in [-0.3, -0.25) is 4.79 Å². The molecule has 144 valence electrons. The van der Waals surface area contributed by atoms with E-state index in [1.165, 1.54) is 0 Å². The van der Waals surface area contributed by atoms with E-state index in [1.54, 1.807) is 0 Å². The maximum Gasteiger partial charge on any atom is 0.251 e. The zero-order valence-electron chi connectivity index (χ0n) is 16.2. The topological polar surface area (TPSA) is 79.4 Å². The van der Waals surface area contributed by atoms with Gasteiger partial charge >= 0.3 is 0 Å². The van der Waals surface area contributed by atoms with E-state index in [4.69, 9.17) is 4.74 Å². The van der Waals surface area contributed by atoms with Crippen LogP contribution in [0.2, 0.25) is 0 Å². The number of anilines is 2. The van der Waals surface area contributed by atoms with Crippen LogP contribution in [0, 0.1) is 20.8 Å². The molecule has 1 aliphatic rings. The van der Waals surface area contributed by atoms with Gasteiger partial charge in [-0.2, -0.15) is 4.98 Å². The highest BCUT2D eigenvalue weighted by Crippen LogP contribution is 2.16. The minimum absolute atomic E-state index is 0.0616. The molecule has 1 saturated heterocycles. The molecule has 0 aliphatic carbocycles. The first-order valence-corrected chi connectivity index (χ1v) is 9.30. The van der Waals surface area contributed by atoms with E-state index in [1.807, 2.05) is 45.0 Å². The van der Waals surface area contributed by atoms with Crippen LogP contribution in [0.3, 0.4) is 0 Å². The molecule has 1 fully saturated rings. The average Bonchev–Trinajstić information content (AvgIpc) is 2.65. The van der Waals surface area contributed by atoms with E-state index in [-0.39, 0.29) is 5.91 Å². The van der Waals surface area contributed by atoms with Gasteiger partial charge in [-0.1, -0.05) is 17.7 Å². The quantitative estimate of drug-likeness (QED) is 0.759. The number of rotatable bonds is 6. The third kappa shape index (κ3) is 5.17. The van der Waals surface area contributed by atoms with Crippen LogP contribution in [0.1, 0.15) is 27.2 Å². The van der Waals surface area contributed by atoms with Gasteiger partial charge in [0.15, 0.2) is 0 Å². The molecule has 3 rings (SSSR count). The van der Waals surface area contributed by atoms with Gasteiger partial charge < -0.3 is 20.3 Å². The van der Waals surface area contributed by atoms with Crippen LogP contribution in [0.25, 0.3) is 0 Å². The Bertz CT molecular complexity index is 803. The third-order valence-corrected chi connectivity index (χ3v) is 4.50. The summed E-state index contributed by atoms with van der Waals surface area (Å²) in [6, 6.07) is 7.82. The lowest BCUT2D eigenvalue weighted by molar-refractivity contribution is 0.0954. The fourth-order valence-electron chi connectivity index (χ4n) is 3.10. The Kier molecular flexibility index (Phi) is 6.24. The monoisotopic (exact) mass is 369 g/mol. The van der Waals surface area contributed by atoms with Crippen LogP contribution in [0.5, 0.6) is 0 Å². The average molecular weight is 369 g/mol. The van der Waals surface area contributed by atoms with E-state index in [0.717, 1.165) is 48.9 Å². The molecule has 2 heterocycles. The summed E-state index contributed by atoms with van der Waals surface area (Å²) in [5.74, 6) is 1.43. The maximum absolute atomic E-state index is 12.3. The lowest BCUT2D eigenvalue weighted by atomic mass is 10.1. The lowest BCUT2D eigenvalue weighted by Gasteiger charge is -2.28. The number of hydrogen-bond acceptors (Lipinski definition) is 6. The number of amides is 1. The summed E-state index contributed by atoms with van der Waals surface area (Å²) in [5.41, 5.74) is 3.76. The van der Waals surface area contributed by atoms with Crippen LogP contribution < -0.4 is 15.5 Å². The summed E-state index contributed by atoms with van der Waals surface area (Å²) in [6.07, 6.45) is 0. The second-order valence-electron chi connectivity index (χ2n) is 6.79. The van der Waals surface area contributed by atoms with Gasteiger partial charge in [0.1, 0.15) is 5.82 Å². The number of aryl methyl sites for hydroxylation is 3. The number of aromatic nitrogens is 2. The Morgan fingerprint density at radius 3 is 2.63 bits per heavy atom. The molecule has 0 unspecified atom stereocenters. The molecular formula is C20H27N5O2. The second kappa shape index (κ2) is 8.81. The summed E-state index contributed by atoms with van der Waals surface area (Å²) in [6.45, 7) is 10.1. The van der Waals surface area contributed by atoms with Gasteiger partial charge in [0.25, 0.3) is 5.91 Å². The molecule has 1 aromatic carbocycles. The van der Waals surface area contributed by atoms with Crippen molar-refractivity contribution in [2.24, 2.45) is 0 Å². The van der Waals surface area contributed by atoms with Gasteiger partial charge in [0.2, 0.25) is 5.95 Å². The number of morpholine rings is 1. The van der Waals surface area contributed by atoms with Crippen molar-refractivity contribution in [2.45, 2.75) is 20.8 Å². The summed E-state index contributed by atoms with van der Waals surface area (Å²) in [4.78, 5) is 23.5. The molecule has 7 heteroatoms. The molecule has 27 heavy (non-hydrogen) atoms. The largest absolute Gasteiger partial charge is 0.378 e. The van der Waals surface area contributed by atoms with Gasteiger partial charge in [0, 0.05) is 43.5 Å². The van der Waals surface area contributed by atoms with Crippen LogP contribution in [-0.2, 0) is 4.74 Å². The Labute approximate surface area is 160 Å².